The predicted octanol–water partition coefficient (Wildman–Crippen LogP) is 3.97. The van der Waals surface area contributed by atoms with Gasteiger partial charge in [-0.1, -0.05) is 41.9 Å². The molecule has 32 heavy (non-hydrogen) atoms. The number of hydrogen-bond acceptors (Lipinski definition) is 5. The Bertz CT molecular complexity index is 976. The van der Waals surface area contributed by atoms with Crippen molar-refractivity contribution < 1.29 is 28.3 Å². The summed E-state index contributed by atoms with van der Waals surface area (Å²) >= 11 is 6.09. The van der Waals surface area contributed by atoms with Crippen molar-refractivity contribution in [3.05, 3.63) is 64.2 Å². The number of esters is 2. The number of nitrogens with one attached hydrogen (secondary N) is 1. The lowest BCUT2D eigenvalue weighted by Gasteiger charge is -2.34. The fourth-order valence-corrected chi connectivity index (χ4v) is 3.35. The Labute approximate surface area is 193 Å². The summed E-state index contributed by atoms with van der Waals surface area (Å²) in [6.45, 7) is 5.54. The molecule has 0 bridgehead atoms. The van der Waals surface area contributed by atoms with Crippen LogP contribution in [0.3, 0.4) is 0 Å². The number of nitrogens with zero attached hydrogens (tertiary/aromatic N) is 1. The van der Waals surface area contributed by atoms with Gasteiger partial charge in [-0.15, -0.1) is 0 Å². The summed E-state index contributed by atoms with van der Waals surface area (Å²) in [5, 5.41) is 3.19. The van der Waals surface area contributed by atoms with Crippen molar-refractivity contribution in [3.8, 4) is 0 Å². The van der Waals surface area contributed by atoms with Crippen molar-refractivity contribution in [3.63, 3.8) is 0 Å². The van der Waals surface area contributed by atoms with Gasteiger partial charge in [0.1, 0.15) is 6.61 Å². The van der Waals surface area contributed by atoms with Crippen LogP contribution in [0.25, 0.3) is 0 Å². The molecule has 1 atom stereocenters. The number of amides is 1. The molecule has 1 N–H and O–H groups in total. The van der Waals surface area contributed by atoms with Gasteiger partial charge in [0.2, 0.25) is 0 Å². The smallest absolute Gasteiger partial charge is 0.362 e. The van der Waals surface area contributed by atoms with E-state index < -0.39 is 18.0 Å². The first-order chi connectivity index (χ1) is 15.0. The quantitative estimate of drug-likeness (QED) is 0.451. The lowest BCUT2D eigenvalue weighted by atomic mass is 10.1. The van der Waals surface area contributed by atoms with Crippen molar-refractivity contribution in [2.24, 2.45) is 0 Å². The molecule has 0 aliphatic carbocycles. The van der Waals surface area contributed by atoms with Gasteiger partial charge in [0.05, 0.1) is 32.0 Å². The Balaban J connectivity index is 2.09. The normalized spacial score (nSPS) is 12.1. The Morgan fingerprint density at radius 1 is 1.09 bits per heavy atom. The Hall–Kier alpha value is -2.90. The summed E-state index contributed by atoms with van der Waals surface area (Å²) in [7, 11) is 3.55. The third-order valence-electron chi connectivity index (χ3n) is 5.25. The molecule has 0 fully saturated rings. The average Bonchev–Trinajstić information content (AvgIpc) is 2.73. The standard InChI is InChI=1S/C24H29ClN2O5/c1-6-31-24(30)20-13-19(25)12-16(2)22(20)26-23(29)17(3)27(4,5)14-21(28)32-15-18-10-8-7-9-11-18/h7-13,17H,6,14-15H2,1-5H3/p+1. The molecule has 1 amide bonds. The second kappa shape index (κ2) is 11.1. The van der Waals surface area contributed by atoms with Crippen LogP contribution in [0.4, 0.5) is 5.69 Å². The van der Waals surface area contributed by atoms with E-state index in [4.69, 9.17) is 21.1 Å². The molecule has 7 nitrogen and oxygen atoms in total. The summed E-state index contributed by atoms with van der Waals surface area (Å²) in [4.78, 5) is 37.8. The summed E-state index contributed by atoms with van der Waals surface area (Å²) in [5.41, 5.74) is 2.05. The highest BCUT2D eigenvalue weighted by Crippen LogP contribution is 2.27. The number of rotatable bonds is 9. The molecule has 2 aromatic carbocycles. The van der Waals surface area contributed by atoms with Gasteiger partial charge in [-0.05, 0) is 44.0 Å². The third kappa shape index (κ3) is 6.80. The molecular weight excluding hydrogens is 432 g/mol. The van der Waals surface area contributed by atoms with Gasteiger partial charge >= 0.3 is 11.9 Å². The predicted molar refractivity (Wildman–Crippen MR) is 123 cm³/mol. The zero-order valence-electron chi connectivity index (χ0n) is 19.1. The minimum Gasteiger partial charge on any atom is -0.462 e. The highest BCUT2D eigenvalue weighted by molar-refractivity contribution is 6.31. The van der Waals surface area contributed by atoms with Crippen molar-refractivity contribution in [2.75, 3.05) is 32.6 Å². The van der Waals surface area contributed by atoms with Crippen molar-refractivity contribution in [1.82, 2.24) is 0 Å². The zero-order chi connectivity index (χ0) is 23.9. The lowest BCUT2D eigenvalue weighted by Crippen LogP contribution is -2.55. The molecule has 8 heteroatoms. The number of aryl methyl sites for hydroxylation is 1. The van der Waals surface area contributed by atoms with Crippen molar-refractivity contribution in [2.45, 2.75) is 33.4 Å². The van der Waals surface area contributed by atoms with E-state index in [2.05, 4.69) is 5.32 Å². The molecule has 0 aliphatic heterocycles. The summed E-state index contributed by atoms with van der Waals surface area (Å²) < 4.78 is 10.5. The molecule has 1 unspecified atom stereocenters. The van der Waals surface area contributed by atoms with Gasteiger partial charge < -0.3 is 19.3 Å². The second-order valence-electron chi connectivity index (χ2n) is 8.11. The van der Waals surface area contributed by atoms with E-state index in [1.54, 1.807) is 40.9 Å². The van der Waals surface area contributed by atoms with E-state index >= 15 is 0 Å². The van der Waals surface area contributed by atoms with Crippen LogP contribution in [0.1, 0.15) is 35.3 Å². The maximum atomic E-state index is 13.0. The SMILES string of the molecule is CCOC(=O)c1cc(Cl)cc(C)c1NC(=O)C(C)[N+](C)(C)CC(=O)OCc1ccccc1. The number of hydrogen-bond donors (Lipinski definition) is 1. The molecule has 0 spiro atoms. The highest BCUT2D eigenvalue weighted by Gasteiger charge is 2.34. The molecule has 0 saturated heterocycles. The van der Waals surface area contributed by atoms with E-state index in [1.165, 1.54) is 6.07 Å². The Morgan fingerprint density at radius 3 is 2.38 bits per heavy atom. The minimum atomic E-state index is -0.607. The molecule has 2 rings (SSSR count). The average molecular weight is 462 g/mol. The summed E-state index contributed by atoms with van der Waals surface area (Å²) in [6, 6.07) is 11.9. The molecular formula is C24H30ClN2O5+. The number of anilines is 1. The fraction of sp³-hybridized carbons (Fsp3) is 0.375. The van der Waals surface area contributed by atoms with Gasteiger partial charge in [-0.2, -0.15) is 0 Å². The van der Waals surface area contributed by atoms with Gasteiger partial charge in [-0.3, -0.25) is 4.79 Å². The number of benzene rings is 2. The first-order valence-corrected chi connectivity index (χ1v) is 10.7. The lowest BCUT2D eigenvalue weighted by molar-refractivity contribution is -0.896. The van der Waals surface area contributed by atoms with Crippen LogP contribution in [0.2, 0.25) is 5.02 Å². The van der Waals surface area contributed by atoms with Crippen molar-refractivity contribution in [1.29, 1.82) is 0 Å². The zero-order valence-corrected chi connectivity index (χ0v) is 19.9. The fourth-order valence-electron chi connectivity index (χ4n) is 3.08. The number of ether oxygens (including phenoxy) is 2. The van der Waals surface area contributed by atoms with Crippen LogP contribution in [0.5, 0.6) is 0 Å². The number of carbonyl (C=O) groups excluding carboxylic acids is 3. The maximum absolute atomic E-state index is 13.0. The number of carbonyl (C=O) groups is 3. The molecule has 0 heterocycles. The van der Waals surface area contributed by atoms with Gasteiger partial charge in [0.25, 0.3) is 5.91 Å². The maximum Gasteiger partial charge on any atom is 0.362 e. The number of quaternary nitrogens is 1. The van der Waals surface area contributed by atoms with Crippen molar-refractivity contribution >= 4 is 35.1 Å². The molecule has 0 radical (unpaired) electrons. The summed E-state index contributed by atoms with van der Waals surface area (Å²) in [6.07, 6.45) is 0. The summed E-state index contributed by atoms with van der Waals surface area (Å²) in [5.74, 6) is -1.32. The Kier molecular flexibility index (Phi) is 8.80. The third-order valence-corrected chi connectivity index (χ3v) is 5.47. The van der Waals surface area contributed by atoms with Gasteiger partial charge in [0, 0.05) is 5.02 Å². The first-order valence-electron chi connectivity index (χ1n) is 10.4. The van der Waals surface area contributed by atoms with Gasteiger partial charge in [0.15, 0.2) is 12.6 Å². The first kappa shape index (κ1) is 25.4. The van der Waals surface area contributed by atoms with E-state index in [9.17, 15) is 14.4 Å². The molecule has 0 aromatic heterocycles. The van der Waals surface area contributed by atoms with Gasteiger partial charge in [-0.25, -0.2) is 9.59 Å². The molecule has 0 aliphatic rings. The van der Waals surface area contributed by atoms with E-state index in [0.717, 1.165) is 5.56 Å². The topological polar surface area (TPSA) is 81.7 Å². The van der Waals surface area contributed by atoms with Crippen LogP contribution in [-0.2, 0) is 25.7 Å². The van der Waals surface area contributed by atoms with E-state index in [0.29, 0.717) is 16.3 Å². The number of likely N-dealkylation sites (N-methyl/N-ethyl adjacent to an activating group) is 1. The largest absolute Gasteiger partial charge is 0.462 e. The number of halogens is 1. The van der Waals surface area contributed by atoms with E-state index in [1.807, 2.05) is 30.3 Å². The second-order valence-corrected chi connectivity index (χ2v) is 8.55. The highest BCUT2D eigenvalue weighted by atomic mass is 35.5. The minimum absolute atomic E-state index is 0.00571. The monoisotopic (exact) mass is 461 g/mol. The molecule has 0 saturated carbocycles. The molecule has 2 aromatic rings. The van der Waals surface area contributed by atoms with Crippen LogP contribution >= 0.6 is 11.6 Å². The van der Waals surface area contributed by atoms with Crippen LogP contribution in [0, 0.1) is 6.92 Å². The van der Waals surface area contributed by atoms with Crippen LogP contribution < -0.4 is 5.32 Å². The molecule has 172 valence electrons. The Morgan fingerprint density at radius 2 is 1.75 bits per heavy atom. The van der Waals surface area contributed by atoms with Crippen LogP contribution in [-0.4, -0.2) is 55.6 Å². The van der Waals surface area contributed by atoms with E-state index in [-0.39, 0.29) is 35.7 Å². The van der Waals surface area contributed by atoms with Crippen LogP contribution in [0.15, 0.2) is 42.5 Å².